The minimum Gasteiger partial charge on any atom is -0.460 e. The molecule has 1 heterocycles. The summed E-state index contributed by atoms with van der Waals surface area (Å²) in [5.41, 5.74) is -1.22. The van der Waals surface area contributed by atoms with Crippen LogP contribution in [0.4, 0.5) is 0 Å². The van der Waals surface area contributed by atoms with Gasteiger partial charge in [-0.3, -0.25) is 9.59 Å². The molecule has 5 nitrogen and oxygen atoms in total. The largest absolute Gasteiger partial charge is 0.460 e. The third kappa shape index (κ3) is 2.77. The van der Waals surface area contributed by atoms with Gasteiger partial charge in [0.2, 0.25) is 0 Å². The van der Waals surface area contributed by atoms with Crippen molar-refractivity contribution in [2.24, 2.45) is 11.8 Å². The summed E-state index contributed by atoms with van der Waals surface area (Å²) in [5, 5.41) is 0. The van der Waals surface area contributed by atoms with Gasteiger partial charge in [-0.1, -0.05) is 30.4 Å². The van der Waals surface area contributed by atoms with Crippen LogP contribution < -0.4 is 4.74 Å². The Bertz CT molecular complexity index is 743. The molecule has 1 aliphatic carbocycles. The Hall–Kier alpha value is -2.43. The summed E-state index contributed by atoms with van der Waals surface area (Å²) in [4.78, 5) is 37.2. The molecule has 1 aromatic carbocycles. The van der Waals surface area contributed by atoms with Gasteiger partial charge in [-0.15, -0.1) is 0 Å². The number of rotatable bonds is 3. The van der Waals surface area contributed by atoms with Crippen LogP contribution in [-0.4, -0.2) is 23.8 Å². The van der Waals surface area contributed by atoms with Gasteiger partial charge in [0.15, 0.2) is 0 Å². The molecular formula is C20H22O5. The predicted octanol–water partition coefficient (Wildman–Crippen LogP) is 2.97. The summed E-state index contributed by atoms with van der Waals surface area (Å²) < 4.78 is 11.1. The molecule has 1 spiro atoms. The molecule has 0 radical (unpaired) electrons. The normalized spacial score (nSPS) is 27.7. The fourth-order valence-electron chi connectivity index (χ4n) is 3.87. The molecule has 1 aliphatic heterocycles. The van der Waals surface area contributed by atoms with Crippen molar-refractivity contribution in [2.75, 3.05) is 0 Å². The quantitative estimate of drug-likeness (QED) is 0.366. The number of hydrogen-bond donors (Lipinski definition) is 0. The van der Waals surface area contributed by atoms with Crippen LogP contribution in [-0.2, 0) is 24.5 Å². The van der Waals surface area contributed by atoms with E-state index in [9.17, 15) is 14.4 Å². The maximum absolute atomic E-state index is 13.0. The van der Waals surface area contributed by atoms with E-state index in [0.717, 1.165) is 6.29 Å². The number of allylic oxidation sites excluding steroid dienone is 2. The van der Waals surface area contributed by atoms with Gasteiger partial charge in [-0.25, -0.2) is 0 Å². The molecule has 3 atom stereocenters. The monoisotopic (exact) mass is 342 g/mol. The maximum Gasteiger partial charge on any atom is 0.323 e. The summed E-state index contributed by atoms with van der Waals surface area (Å²) in [5.74, 6) is -1.64. The van der Waals surface area contributed by atoms with E-state index in [2.05, 4.69) is 0 Å². The average Bonchev–Trinajstić information content (AvgIpc) is 2.81. The molecule has 0 bridgehead atoms. The highest BCUT2D eigenvalue weighted by Gasteiger charge is 2.61. The predicted molar refractivity (Wildman–Crippen MR) is 91.0 cm³/mol. The van der Waals surface area contributed by atoms with Crippen LogP contribution in [0.1, 0.15) is 39.2 Å². The van der Waals surface area contributed by atoms with Gasteiger partial charge in [0.05, 0.1) is 5.92 Å². The lowest BCUT2D eigenvalue weighted by Gasteiger charge is -2.41. The third-order valence-electron chi connectivity index (χ3n) is 4.79. The lowest BCUT2D eigenvalue weighted by atomic mass is 9.59. The summed E-state index contributed by atoms with van der Waals surface area (Å²) in [7, 11) is 0. The molecule has 0 amide bonds. The van der Waals surface area contributed by atoms with E-state index in [0.29, 0.717) is 17.7 Å². The SMILES string of the molecule is CC(C)(C)OC(=O)[C@H]1CC=C[C@H](CC=O)[C@]12C(=O)Oc1ccccc12. The van der Waals surface area contributed by atoms with Crippen LogP contribution >= 0.6 is 0 Å². The van der Waals surface area contributed by atoms with E-state index in [1.165, 1.54) is 0 Å². The highest BCUT2D eigenvalue weighted by atomic mass is 16.6. The molecule has 25 heavy (non-hydrogen) atoms. The molecule has 0 aromatic heterocycles. The van der Waals surface area contributed by atoms with Crippen molar-refractivity contribution in [1.82, 2.24) is 0 Å². The Morgan fingerprint density at radius 2 is 2.08 bits per heavy atom. The Morgan fingerprint density at radius 3 is 2.76 bits per heavy atom. The molecule has 1 aromatic rings. The Kier molecular flexibility index (Phi) is 4.27. The van der Waals surface area contributed by atoms with E-state index >= 15 is 0 Å². The van der Waals surface area contributed by atoms with E-state index in [1.54, 1.807) is 39.0 Å². The molecule has 2 aliphatic rings. The number of carbonyl (C=O) groups excluding carboxylic acids is 3. The van der Waals surface area contributed by atoms with Gasteiger partial charge in [-0.2, -0.15) is 0 Å². The first-order valence-corrected chi connectivity index (χ1v) is 8.45. The first-order chi connectivity index (χ1) is 11.8. The minimum atomic E-state index is -1.21. The Balaban J connectivity index is 2.15. The van der Waals surface area contributed by atoms with E-state index in [4.69, 9.17) is 9.47 Å². The minimum absolute atomic E-state index is 0.138. The van der Waals surface area contributed by atoms with Crippen molar-refractivity contribution in [2.45, 2.75) is 44.6 Å². The number of fused-ring (bicyclic) bond motifs is 2. The number of aldehydes is 1. The van der Waals surface area contributed by atoms with Crippen LogP contribution in [0.5, 0.6) is 5.75 Å². The molecule has 0 N–H and O–H groups in total. The second-order valence-electron chi connectivity index (χ2n) is 7.51. The summed E-state index contributed by atoms with van der Waals surface area (Å²) in [6.07, 6.45) is 4.98. The van der Waals surface area contributed by atoms with Gasteiger partial charge in [-0.05, 0) is 33.3 Å². The van der Waals surface area contributed by atoms with Crippen LogP contribution in [0.2, 0.25) is 0 Å². The zero-order valence-corrected chi connectivity index (χ0v) is 14.7. The van der Waals surface area contributed by atoms with Gasteiger partial charge in [0, 0.05) is 17.9 Å². The van der Waals surface area contributed by atoms with Crippen molar-refractivity contribution in [3.05, 3.63) is 42.0 Å². The van der Waals surface area contributed by atoms with Gasteiger partial charge in [0.25, 0.3) is 0 Å². The molecule has 0 fully saturated rings. The van der Waals surface area contributed by atoms with Crippen molar-refractivity contribution >= 4 is 18.2 Å². The zero-order valence-electron chi connectivity index (χ0n) is 14.7. The highest BCUT2D eigenvalue weighted by molar-refractivity contribution is 5.97. The van der Waals surface area contributed by atoms with E-state index < -0.39 is 34.8 Å². The number of benzene rings is 1. The highest BCUT2D eigenvalue weighted by Crippen LogP contribution is 2.54. The molecule has 3 rings (SSSR count). The van der Waals surface area contributed by atoms with Crippen LogP contribution in [0.3, 0.4) is 0 Å². The molecule has 5 heteroatoms. The first kappa shape index (κ1) is 17.4. The standard InChI is InChI=1S/C20H22O5/c1-19(2,3)25-17(22)15-9-6-7-13(11-12-21)20(15)14-8-4-5-10-16(14)24-18(20)23/h4-8,10,12-13,15H,9,11H2,1-3H3/t13-,15-,20-/m1/s1. The smallest absolute Gasteiger partial charge is 0.323 e. The van der Waals surface area contributed by atoms with Crippen molar-refractivity contribution in [3.8, 4) is 5.75 Å². The average molecular weight is 342 g/mol. The fourth-order valence-corrected chi connectivity index (χ4v) is 3.87. The lowest BCUT2D eigenvalue weighted by molar-refractivity contribution is -0.168. The molecule has 0 saturated heterocycles. The molecule has 0 unspecified atom stereocenters. The number of para-hydroxylation sites is 1. The van der Waals surface area contributed by atoms with Crippen LogP contribution in [0, 0.1) is 11.8 Å². The van der Waals surface area contributed by atoms with E-state index in [1.807, 2.05) is 18.2 Å². The number of carbonyl (C=O) groups is 3. The second-order valence-corrected chi connectivity index (χ2v) is 7.51. The zero-order chi connectivity index (χ0) is 18.2. The number of hydrogen-bond acceptors (Lipinski definition) is 5. The van der Waals surface area contributed by atoms with Gasteiger partial charge in [0.1, 0.15) is 23.1 Å². The third-order valence-corrected chi connectivity index (χ3v) is 4.79. The van der Waals surface area contributed by atoms with Crippen molar-refractivity contribution < 1.29 is 23.9 Å². The molecule has 0 saturated carbocycles. The number of ether oxygens (including phenoxy) is 2. The number of esters is 2. The summed E-state index contributed by atoms with van der Waals surface area (Å²) in [6, 6.07) is 7.10. The second kappa shape index (κ2) is 6.14. The lowest BCUT2D eigenvalue weighted by Crippen LogP contribution is -2.52. The summed E-state index contributed by atoms with van der Waals surface area (Å²) >= 11 is 0. The van der Waals surface area contributed by atoms with Crippen molar-refractivity contribution in [3.63, 3.8) is 0 Å². The summed E-state index contributed by atoms with van der Waals surface area (Å²) in [6.45, 7) is 5.38. The first-order valence-electron chi connectivity index (χ1n) is 8.45. The van der Waals surface area contributed by atoms with Crippen LogP contribution in [0.25, 0.3) is 0 Å². The maximum atomic E-state index is 13.0. The Morgan fingerprint density at radius 1 is 1.36 bits per heavy atom. The Labute approximate surface area is 147 Å². The van der Waals surface area contributed by atoms with Gasteiger partial charge < -0.3 is 14.3 Å². The van der Waals surface area contributed by atoms with Crippen molar-refractivity contribution in [1.29, 1.82) is 0 Å². The topological polar surface area (TPSA) is 69.7 Å². The van der Waals surface area contributed by atoms with Crippen LogP contribution in [0.15, 0.2) is 36.4 Å². The van der Waals surface area contributed by atoms with Gasteiger partial charge >= 0.3 is 11.9 Å². The molecule has 132 valence electrons. The van der Waals surface area contributed by atoms with E-state index in [-0.39, 0.29) is 6.42 Å². The fraction of sp³-hybridized carbons (Fsp3) is 0.450. The molecular weight excluding hydrogens is 320 g/mol.